The molecule has 0 fully saturated rings. The van der Waals surface area contributed by atoms with Crippen LogP contribution in [0.15, 0.2) is 35.5 Å². The number of alkyl halides is 3. The number of amides is 1. The van der Waals surface area contributed by atoms with E-state index in [9.17, 15) is 28.1 Å². The van der Waals surface area contributed by atoms with Crippen LogP contribution in [0.3, 0.4) is 0 Å². The summed E-state index contributed by atoms with van der Waals surface area (Å²) in [5.41, 5.74) is -0.794. The van der Waals surface area contributed by atoms with Gasteiger partial charge in [0, 0.05) is 31.4 Å². The molecule has 0 atom stereocenters. The summed E-state index contributed by atoms with van der Waals surface area (Å²) in [6.07, 6.45) is -4.59. The maximum Gasteiger partial charge on any atom is 0.435 e. The Labute approximate surface area is 177 Å². The number of anilines is 1. The number of nitro groups is 1. The molecular formula is C17H16F3N7O3S. The zero-order chi connectivity index (χ0) is 22.8. The molecule has 3 rings (SSSR count). The molecule has 1 aromatic carbocycles. The molecule has 31 heavy (non-hydrogen) atoms. The van der Waals surface area contributed by atoms with Crippen LogP contribution in [0, 0.1) is 10.1 Å². The summed E-state index contributed by atoms with van der Waals surface area (Å²) >= 11 is 1.03. The van der Waals surface area contributed by atoms with Crippen LogP contribution in [-0.2, 0) is 24.6 Å². The van der Waals surface area contributed by atoms with Gasteiger partial charge in [-0.15, -0.1) is 10.2 Å². The molecule has 1 amide bonds. The standard InChI is InChI=1S/C17H16F3N7O3S/c1-3-26-15(12-8-13(17(18,19)20)24-25(12)2)22-23-16(26)31-9-14(28)21-10-5-4-6-11(7-10)27(29)30/h4-8H,3,9H2,1-2H3,(H,21,28). The lowest BCUT2D eigenvalue weighted by Gasteiger charge is -2.08. The average molecular weight is 455 g/mol. The Morgan fingerprint density at radius 1 is 1.29 bits per heavy atom. The van der Waals surface area contributed by atoms with Gasteiger partial charge in [0.05, 0.1) is 10.7 Å². The van der Waals surface area contributed by atoms with Gasteiger partial charge in [0.15, 0.2) is 16.7 Å². The lowest BCUT2D eigenvalue weighted by atomic mass is 10.3. The number of carbonyl (C=O) groups is 1. The number of halogens is 3. The zero-order valence-electron chi connectivity index (χ0n) is 16.3. The Morgan fingerprint density at radius 3 is 2.65 bits per heavy atom. The molecule has 0 aliphatic rings. The fourth-order valence-electron chi connectivity index (χ4n) is 2.71. The zero-order valence-corrected chi connectivity index (χ0v) is 17.1. The number of nitro benzene ring substituents is 1. The number of carbonyl (C=O) groups excluding carboxylic acids is 1. The van der Waals surface area contributed by atoms with Crippen molar-refractivity contribution in [3.8, 4) is 11.5 Å². The highest BCUT2D eigenvalue weighted by molar-refractivity contribution is 7.99. The third-order valence-corrected chi connectivity index (χ3v) is 5.07. The van der Waals surface area contributed by atoms with Crippen LogP contribution in [-0.4, -0.2) is 41.1 Å². The van der Waals surface area contributed by atoms with Crippen molar-refractivity contribution in [2.24, 2.45) is 7.05 Å². The van der Waals surface area contributed by atoms with E-state index >= 15 is 0 Å². The number of hydrogen-bond acceptors (Lipinski definition) is 7. The number of benzene rings is 1. The molecule has 0 bridgehead atoms. The van der Waals surface area contributed by atoms with Crippen LogP contribution in [0.5, 0.6) is 0 Å². The highest BCUT2D eigenvalue weighted by Crippen LogP contribution is 2.32. The predicted octanol–water partition coefficient (Wildman–Crippen LogP) is 3.36. The fourth-order valence-corrected chi connectivity index (χ4v) is 3.51. The first-order valence-corrected chi connectivity index (χ1v) is 9.80. The number of rotatable bonds is 7. The quantitative estimate of drug-likeness (QED) is 0.329. The molecule has 0 aliphatic carbocycles. The van der Waals surface area contributed by atoms with Crippen LogP contribution in [0.4, 0.5) is 24.5 Å². The smallest absolute Gasteiger partial charge is 0.325 e. The van der Waals surface area contributed by atoms with Gasteiger partial charge in [-0.25, -0.2) is 0 Å². The van der Waals surface area contributed by atoms with Crippen LogP contribution < -0.4 is 5.32 Å². The Hall–Kier alpha value is -3.42. The summed E-state index contributed by atoms with van der Waals surface area (Å²) in [6, 6.07) is 6.39. The van der Waals surface area contributed by atoms with E-state index in [1.54, 1.807) is 11.5 Å². The van der Waals surface area contributed by atoms with Gasteiger partial charge in [0.25, 0.3) is 5.69 Å². The normalized spacial score (nSPS) is 11.5. The van der Waals surface area contributed by atoms with E-state index in [0.717, 1.165) is 22.5 Å². The van der Waals surface area contributed by atoms with Crippen molar-refractivity contribution in [2.75, 3.05) is 11.1 Å². The Balaban J connectivity index is 1.73. The Bertz CT molecular complexity index is 1130. The molecule has 164 valence electrons. The Morgan fingerprint density at radius 2 is 2.03 bits per heavy atom. The lowest BCUT2D eigenvalue weighted by Crippen LogP contribution is -2.14. The Kier molecular flexibility index (Phi) is 6.29. The average Bonchev–Trinajstić information content (AvgIpc) is 3.29. The van der Waals surface area contributed by atoms with Gasteiger partial charge in [0.1, 0.15) is 5.69 Å². The van der Waals surface area contributed by atoms with Crippen LogP contribution in [0.25, 0.3) is 11.5 Å². The number of nitrogens with one attached hydrogen (secondary N) is 1. The van der Waals surface area contributed by atoms with E-state index in [0.29, 0.717) is 11.7 Å². The molecule has 0 aliphatic heterocycles. The van der Waals surface area contributed by atoms with Crippen molar-refractivity contribution in [3.05, 3.63) is 46.1 Å². The first kappa shape index (κ1) is 22.3. The van der Waals surface area contributed by atoms with Crippen molar-refractivity contribution in [2.45, 2.75) is 24.8 Å². The molecule has 1 N–H and O–H groups in total. The van der Waals surface area contributed by atoms with Crippen LogP contribution in [0.2, 0.25) is 0 Å². The maximum atomic E-state index is 12.9. The third-order valence-electron chi connectivity index (χ3n) is 4.11. The number of hydrogen-bond donors (Lipinski definition) is 1. The first-order valence-electron chi connectivity index (χ1n) is 8.82. The molecular weight excluding hydrogens is 439 g/mol. The molecule has 3 aromatic rings. The second-order valence-electron chi connectivity index (χ2n) is 6.23. The molecule has 0 saturated carbocycles. The topological polar surface area (TPSA) is 121 Å². The molecule has 0 radical (unpaired) electrons. The largest absolute Gasteiger partial charge is 0.435 e. The number of aryl methyl sites for hydroxylation is 1. The highest BCUT2D eigenvalue weighted by Gasteiger charge is 2.35. The minimum absolute atomic E-state index is 0.0833. The van der Waals surface area contributed by atoms with Crippen molar-refractivity contribution in [3.63, 3.8) is 0 Å². The van der Waals surface area contributed by atoms with E-state index in [2.05, 4.69) is 20.6 Å². The summed E-state index contributed by atoms with van der Waals surface area (Å²) in [6.45, 7) is 2.12. The molecule has 0 spiro atoms. The summed E-state index contributed by atoms with van der Waals surface area (Å²) in [5, 5.41) is 25.1. The molecule has 10 nitrogen and oxygen atoms in total. The van der Waals surface area contributed by atoms with Crippen LogP contribution >= 0.6 is 11.8 Å². The summed E-state index contributed by atoms with van der Waals surface area (Å²) in [5.74, 6) is -0.327. The highest BCUT2D eigenvalue weighted by atomic mass is 32.2. The lowest BCUT2D eigenvalue weighted by molar-refractivity contribution is -0.384. The van der Waals surface area contributed by atoms with Gasteiger partial charge in [-0.05, 0) is 19.1 Å². The van der Waals surface area contributed by atoms with E-state index in [1.807, 2.05) is 0 Å². The summed E-state index contributed by atoms with van der Waals surface area (Å²) in [4.78, 5) is 22.5. The van der Waals surface area contributed by atoms with Gasteiger partial charge < -0.3 is 9.88 Å². The monoisotopic (exact) mass is 455 g/mol. The van der Waals surface area contributed by atoms with Crippen LogP contribution in [0.1, 0.15) is 12.6 Å². The van der Waals surface area contributed by atoms with Gasteiger partial charge in [-0.2, -0.15) is 18.3 Å². The van der Waals surface area contributed by atoms with Crippen molar-refractivity contribution < 1.29 is 22.9 Å². The number of thioether (sulfide) groups is 1. The van der Waals surface area contributed by atoms with Crippen molar-refractivity contribution in [1.29, 1.82) is 0 Å². The third kappa shape index (κ3) is 5.02. The van der Waals surface area contributed by atoms with Gasteiger partial charge >= 0.3 is 6.18 Å². The van der Waals surface area contributed by atoms with Gasteiger partial charge in [0.2, 0.25) is 5.91 Å². The van der Waals surface area contributed by atoms with Gasteiger partial charge in [-0.1, -0.05) is 17.8 Å². The second kappa shape index (κ2) is 8.75. The number of nitrogens with zero attached hydrogens (tertiary/aromatic N) is 6. The predicted molar refractivity (Wildman–Crippen MR) is 105 cm³/mol. The first-order chi connectivity index (χ1) is 14.6. The van der Waals surface area contributed by atoms with Crippen molar-refractivity contribution in [1.82, 2.24) is 24.5 Å². The molecule has 2 heterocycles. The summed E-state index contributed by atoms with van der Waals surface area (Å²) < 4.78 is 41.5. The maximum absolute atomic E-state index is 12.9. The van der Waals surface area contributed by atoms with Crippen molar-refractivity contribution >= 4 is 29.0 Å². The molecule has 0 saturated heterocycles. The number of non-ortho nitro benzene ring substituents is 1. The van der Waals surface area contributed by atoms with E-state index in [1.165, 1.54) is 31.3 Å². The van der Waals surface area contributed by atoms with E-state index in [-0.39, 0.29) is 28.6 Å². The number of aromatic nitrogens is 5. The van der Waals surface area contributed by atoms with E-state index < -0.39 is 22.7 Å². The minimum atomic E-state index is -4.59. The molecule has 0 unspecified atom stereocenters. The fraction of sp³-hybridized carbons (Fsp3) is 0.294. The molecule has 14 heteroatoms. The second-order valence-corrected chi connectivity index (χ2v) is 7.17. The van der Waals surface area contributed by atoms with Gasteiger partial charge in [-0.3, -0.25) is 19.6 Å². The van der Waals surface area contributed by atoms with E-state index in [4.69, 9.17) is 0 Å². The minimum Gasteiger partial charge on any atom is -0.325 e. The SMILES string of the molecule is CCn1c(SCC(=O)Nc2cccc([N+](=O)[O-])c2)nnc1-c1cc(C(F)(F)F)nn1C. The molecule has 2 aromatic heterocycles. The summed E-state index contributed by atoms with van der Waals surface area (Å²) in [7, 11) is 1.37.